The summed E-state index contributed by atoms with van der Waals surface area (Å²) in [4.78, 5) is 18.2. The van der Waals surface area contributed by atoms with Gasteiger partial charge in [0.25, 0.3) is 5.91 Å². The first-order chi connectivity index (χ1) is 8.09. The van der Waals surface area contributed by atoms with E-state index in [0.717, 1.165) is 6.54 Å². The Balaban J connectivity index is 2.18. The summed E-state index contributed by atoms with van der Waals surface area (Å²) < 4.78 is 0. The number of aromatic nitrogens is 1. The van der Waals surface area contributed by atoms with Gasteiger partial charge in [-0.25, -0.2) is 0 Å². The number of hydrogen-bond donors (Lipinski definition) is 1. The van der Waals surface area contributed by atoms with Crippen LogP contribution in [-0.2, 0) is 0 Å². The maximum absolute atomic E-state index is 12.4. The minimum Gasteiger partial charge on any atom is -0.398 e. The van der Waals surface area contributed by atoms with E-state index in [2.05, 4.69) is 4.98 Å². The van der Waals surface area contributed by atoms with E-state index in [1.54, 1.807) is 18.5 Å². The molecule has 17 heavy (non-hydrogen) atoms. The monoisotopic (exact) mass is 233 g/mol. The van der Waals surface area contributed by atoms with Crippen LogP contribution in [0.15, 0.2) is 18.5 Å². The second-order valence-corrected chi connectivity index (χ2v) is 4.96. The lowest BCUT2D eigenvalue weighted by atomic mass is 10.1. The fourth-order valence-electron chi connectivity index (χ4n) is 1.85. The van der Waals surface area contributed by atoms with Crippen LogP contribution in [0.5, 0.6) is 0 Å². The van der Waals surface area contributed by atoms with Gasteiger partial charge in [-0.15, -0.1) is 0 Å². The quantitative estimate of drug-likeness (QED) is 0.864. The van der Waals surface area contributed by atoms with Crippen molar-refractivity contribution in [3.63, 3.8) is 0 Å². The molecule has 92 valence electrons. The molecule has 1 aromatic rings. The zero-order valence-corrected chi connectivity index (χ0v) is 10.4. The molecule has 0 spiro atoms. The van der Waals surface area contributed by atoms with E-state index in [1.807, 2.05) is 18.7 Å². The molecule has 4 heteroatoms. The molecule has 2 rings (SSSR count). The Morgan fingerprint density at radius 1 is 1.59 bits per heavy atom. The van der Waals surface area contributed by atoms with Crippen molar-refractivity contribution >= 4 is 11.6 Å². The average Bonchev–Trinajstić information content (AvgIpc) is 3.09. The highest BCUT2D eigenvalue weighted by Crippen LogP contribution is 2.31. The Hall–Kier alpha value is -1.58. The van der Waals surface area contributed by atoms with Gasteiger partial charge < -0.3 is 10.6 Å². The molecule has 1 amide bonds. The molecule has 0 aromatic carbocycles. The number of nitrogen functional groups attached to an aromatic ring is 1. The maximum Gasteiger partial charge on any atom is 0.257 e. The van der Waals surface area contributed by atoms with Crippen LogP contribution in [-0.4, -0.2) is 28.4 Å². The first-order valence-corrected chi connectivity index (χ1v) is 6.10. The zero-order chi connectivity index (χ0) is 12.4. The van der Waals surface area contributed by atoms with Crippen molar-refractivity contribution in [2.45, 2.75) is 32.7 Å². The van der Waals surface area contributed by atoms with Crippen LogP contribution in [0.4, 0.5) is 5.69 Å². The molecule has 0 radical (unpaired) electrons. The average molecular weight is 233 g/mol. The van der Waals surface area contributed by atoms with Crippen LogP contribution in [0.3, 0.4) is 0 Å². The Bertz CT molecular complexity index is 413. The van der Waals surface area contributed by atoms with Crippen molar-refractivity contribution in [2.24, 2.45) is 5.92 Å². The van der Waals surface area contributed by atoms with Gasteiger partial charge in [0.15, 0.2) is 0 Å². The summed E-state index contributed by atoms with van der Waals surface area (Å²) in [6.45, 7) is 4.91. The Morgan fingerprint density at radius 2 is 2.29 bits per heavy atom. The van der Waals surface area contributed by atoms with Crippen LogP contribution in [0.2, 0.25) is 0 Å². The molecule has 0 aliphatic heterocycles. The van der Waals surface area contributed by atoms with Crippen molar-refractivity contribution in [3.05, 3.63) is 24.0 Å². The molecule has 1 aliphatic carbocycles. The smallest absolute Gasteiger partial charge is 0.257 e. The summed E-state index contributed by atoms with van der Waals surface area (Å²) in [5.74, 6) is 0.678. The highest BCUT2D eigenvalue weighted by atomic mass is 16.2. The summed E-state index contributed by atoms with van der Waals surface area (Å²) in [6, 6.07) is 1.87. The molecule has 1 heterocycles. The van der Waals surface area contributed by atoms with Crippen LogP contribution in [0.25, 0.3) is 0 Å². The van der Waals surface area contributed by atoms with Gasteiger partial charge in [0.2, 0.25) is 0 Å². The number of pyridine rings is 1. The van der Waals surface area contributed by atoms with Gasteiger partial charge >= 0.3 is 0 Å². The third-order valence-electron chi connectivity index (χ3n) is 3.12. The molecule has 1 aromatic heterocycles. The van der Waals surface area contributed by atoms with Crippen molar-refractivity contribution in [1.82, 2.24) is 9.88 Å². The lowest BCUT2D eigenvalue weighted by molar-refractivity contribution is 0.0697. The molecule has 0 saturated heterocycles. The van der Waals surface area contributed by atoms with E-state index in [9.17, 15) is 4.79 Å². The summed E-state index contributed by atoms with van der Waals surface area (Å²) in [5, 5.41) is 0. The number of amides is 1. The molecule has 1 aliphatic rings. The van der Waals surface area contributed by atoms with Crippen molar-refractivity contribution < 1.29 is 4.79 Å². The lowest BCUT2D eigenvalue weighted by Crippen LogP contribution is -2.38. The third kappa shape index (κ3) is 2.75. The third-order valence-corrected chi connectivity index (χ3v) is 3.12. The number of nitrogens with zero attached hydrogens (tertiary/aromatic N) is 2. The Kier molecular flexibility index (Phi) is 3.31. The molecule has 4 nitrogen and oxygen atoms in total. The standard InChI is InChI=1S/C13H19N3O/c1-9(2)16(8-10-3-4-10)13(17)11-7-15-6-5-12(11)14/h5-7,9-10H,3-4,8H2,1-2H3,(H2,14,15). The molecular weight excluding hydrogens is 214 g/mol. The fraction of sp³-hybridized carbons (Fsp3) is 0.538. The zero-order valence-electron chi connectivity index (χ0n) is 10.4. The number of carbonyl (C=O) groups excluding carboxylic acids is 1. The topological polar surface area (TPSA) is 59.2 Å². The number of rotatable bonds is 4. The first kappa shape index (κ1) is 11.9. The minimum atomic E-state index is -0.00231. The first-order valence-electron chi connectivity index (χ1n) is 6.10. The molecule has 0 bridgehead atoms. The lowest BCUT2D eigenvalue weighted by Gasteiger charge is -2.27. The summed E-state index contributed by atoms with van der Waals surface area (Å²) in [5.41, 5.74) is 6.84. The predicted molar refractivity (Wildman–Crippen MR) is 67.5 cm³/mol. The van der Waals surface area contributed by atoms with Crippen molar-refractivity contribution in [2.75, 3.05) is 12.3 Å². The van der Waals surface area contributed by atoms with E-state index in [4.69, 9.17) is 5.73 Å². The van der Waals surface area contributed by atoms with Gasteiger partial charge in [0, 0.05) is 30.7 Å². The number of nitrogens with two attached hydrogens (primary N) is 1. The summed E-state index contributed by atoms with van der Waals surface area (Å²) in [7, 11) is 0. The fourth-order valence-corrected chi connectivity index (χ4v) is 1.85. The van der Waals surface area contributed by atoms with Gasteiger partial charge in [-0.05, 0) is 38.7 Å². The van der Waals surface area contributed by atoms with E-state index < -0.39 is 0 Å². The van der Waals surface area contributed by atoms with Gasteiger partial charge in [0.1, 0.15) is 0 Å². The summed E-state index contributed by atoms with van der Waals surface area (Å²) in [6.07, 6.45) is 5.63. The van der Waals surface area contributed by atoms with Gasteiger partial charge in [-0.2, -0.15) is 0 Å². The van der Waals surface area contributed by atoms with Gasteiger partial charge in [0.05, 0.1) is 5.56 Å². The van der Waals surface area contributed by atoms with Gasteiger partial charge in [-0.1, -0.05) is 0 Å². The number of anilines is 1. The van der Waals surface area contributed by atoms with Crippen LogP contribution in [0.1, 0.15) is 37.0 Å². The van der Waals surface area contributed by atoms with Gasteiger partial charge in [-0.3, -0.25) is 9.78 Å². The normalized spacial score (nSPS) is 15.0. The van der Waals surface area contributed by atoms with E-state index in [-0.39, 0.29) is 11.9 Å². The molecular formula is C13H19N3O. The molecule has 2 N–H and O–H groups in total. The number of carbonyl (C=O) groups is 1. The highest BCUT2D eigenvalue weighted by molar-refractivity contribution is 5.98. The predicted octanol–water partition coefficient (Wildman–Crippen LogP) is 1.92. The Morgan fingerprint density at radius 3 is 2.82 bits per heavy atom. The Labute approximate surface area is 102 Å². The molecule has 1 saturated carbocycles. The second kappa shape index (κ2) is 4.73. The highest BCUT2D eigenvalue weighted by Gasteiger charge is 2.29. The van der Waals surface area contributed by atoms with Crippen LogP contribution < -0.4 is 5.73 Å². The van der Waals surface area contributed by atoms with E-state index in [1.165, 1.54) is 12.8 Å². The molecule has 0 atom stereocenters. The minimum absolute atomic E-state index is 0.00231. The van der Waals surface area contributed by atoms with Crippen LogP contribution in [0, 0.1) is 5.92 Å². The number of hydrogen-bond acceptors (Lipinski definition) is 3. The van der Waals surface area contributed by atoms with Crippen molar-refractivity contribution in [1.29, 1.82) is 0 Å². The van der Waals surface area contributed by atoms with Crippen molar-refractivity contribution in [3.8, 4) is 0 Å². The molecule has 0 unspecified atom stereocenters. The maximum atomic E-state index is 12.4. The second-order valence-electron chi connectivity index (χ2n) is 4.96. The molecule has 1 fully saturated rings. The van der Waals surface area contributed by atoms with E-state index >= 15 is 0 Å². The largest absolute Gasteiger partial charge is 0.398 e. The van der Waals surface area contributed by atoms with E-state index in [0.29, 0.717) is 17.2 Å². The van der Waals surface area contributed by atoms with Crippen LogP contribution >= 0.6 is 0 Å². The summed E-state index contributed by atoms with van der Waals surface area (Å²) >= 11 is 0. The SMILES string of the molecule is CC(C)N(CC1CC1)C(=O)c1cnccc1N.